The molecule has 10 nitrogen and oxygen atoms in total. The van der Waals surface area contributed by atoms with Crippen LogP contribution in [0.2, 0.25) is 0 Å². The molecule has 0 unspecified atom stereocenters. The molecule has 0 saturated heterocycles. The molecule has 1 N–H and O–H groups in total. The summed E-state index contributed by atoms with van der Waals surface area (Å²) < 4.78 is 25.9. The number of ether oxygens (including phenoxy) is 5. The highest BCUT2D eigenvalue weighted by Crippen LogP contribution is 2.46. The molecular formula is C19H22N2O8. The lowest BCUT2D eigenvalue weighted by molar-refractivity contribution is -0.386. The minimum Gasteiger partial charge on any atom is -0.493 e. The van der Waals surface area contributed by atoms with Gasteiger partial charge in [0.15, 0.2) is 17.2 Å². The SMILES string of the molecule is COc1ccc(CNC(=O)c2cc(OC)c(OC)c(OC)c2[N+](=O)[O-])cc1OC. The van der Waals surface area contributed by atoms with E-state index in [1.807, 2.05) is 0 Å². The van der Waals surface area contributed by atoms with Crippen LogP contribution in [-0.2, 0) is 6.54 Å². The van der Waals surface area contributed by atoms with Gasteiger partial charge in [-0.15, -0.1) is 0 Å². The Hall–Kier alpha value is -3.69. The van der Waals surface area contributed by atoms with Gasteiger partial charge in [0.1, 0.15) is 5.56 Å². The molecule has 10 heteroatoms. The first-order valence-electron chi connectivity index (χ1n) is 8.38. The molecule has 2 aromatic rings. The lowest BCUT2D eigenvalue weighted by Crippen LogP contribution is -2.24. The standard InChI is InChI=1S/C19H22N2O8/c1-25-13-7-6-11(8-14(13)26-2)10-20-19(22)12-9-15(27-3)17(28-4)18(29-5)16(12)21(23)24/h6-9H,10H2,1-5H3,(H,20,22). The van der Waals surface area contributed by atoms with Gasteiger partial charge in [-0.1, -0.05) is 6.07 Å². The summed E-state index contributed by atoms with van der Waals surface area (Å²) in [7, 11) is 6.94. The van der Waals surface area contributed by atoms with Gasteiger partial charge in [-0.3, -0.25) is 14.9 Å². The second-order valence-electron chi connectivity index (χ2n) is 5.67. The number of nitro groups is 1. The number of rotatable bonds is 9. The zero-order valence-electron chi connectivity index (χ0n) is 16.7. The van der Waals surface area contributed by atoms with Crippen molar-refractivity contribution in [3.05, 3.63) is 45.5 Å². The number of hydrogen-bond donors (Lipinski definition) is 1. The van der Waals surface area contributed by atoms with Crippen molar-refractivity contribution in [2.24, 2.45) is 0 Å². The third-order valence-corrected chi connectivity index (χ3v) is 4.13. The summed E-state index contributed by atoms with van der Waals surface area (Å²) >= 11 is 0. The van der Waals surface area contributed by atoms with Crippen LogP contribution in [0.1, 0.15) is 15.9 Å². The topological polar surface area (TPSA) is 118 Å². The quantitative estimate of drug-likeness (QED) is 0.499. The minimum absolute atomic E-state index is 0.0261. The van der Waals surface area contributed by atoms with Crippen molar-refractivity contribution in [3.8, 4) is 28.7 Å². The third kappa shape index (κ3) is 4.42. The van der Waals surface area contributed by atoms with Crippen molar-refractivity contribution in [3.63, 3.8) is 0 Å². The summed E-state index contributed by atoms with van der Waals surface area (Å²) in [6, 6.07) is 6.37. The molecule has 0 saturated carbocycles. The summed E-state index contributed by atoms with van der Waals surface area (Å²) in [6.45, 7) is 0.104. The van der Waals surface area contributed by atoms with E-state index >= 15 is 0 Å². The van der Waals surface area contributed by atoms with Gasteiger partial charge in [0, 0.05) is 12.6 Å². The van der Waals surface area contributed by atoms with Crippen LogP contribution in [0.5, 0.6) is 28.7 Å². The number of carbonyl (C=O) groups excluding carboxylic acids is 1. The van der Waals surface area contributed by atoms with E-state index in [0.717, 1.165) is 0 Å². The van der Waals surface area contributed by atoms with E-state index in [9.17, 15) is 14.9 Å². The Bertz CT molecular complexity index is 914. The molecule has 0 fully saturated rings. The Morgan fingerprint density at radius 2 is 1.52 bits per heavy atom. The molecule has 0 bridgehead atoms. The molecule has 2 rings (SSSR count). The second-order valence-corrected chi connectivity index (χ2v) is 5.67. The third-order valence-electron chi connectivity index (χ3n) is 4.13. The first-order chi connectivity index (χ1) is 13.9. The molecule has 2 aromatic carbocycles. The monoisotopic (exact) mass is 406 g/mol. The number of nitro benzene ring substituents is 1. The van der Waals surface area contributed by atoms with Crippen molar-refractivity contribution >= 4 is 11.6 Å². The molecule has 0 aromatic heterocycles. The first-order valence-corrected chi connectivity index (χ1v) is 8.38. The van der Waals surface area contributed by atoms with Crippen LogP contribution in [0.4, 0.5) is 5.69 Å². The number of nitrogens with zero attached hydrogens (tertiary/aromatic N) is 1. The van der Waals surface area contributed by atoms with Gasteiger partial charge in [-0.05, 0) is 17.7 Å². The maximum Gasteiger partial charge on any atom is 0.327 e. The van der Waals surface area contributed by atoms with Gasteiger partial charge in [-0.25, -0.2) is 0 Å². The largest absolute Gasteiger partial charge is 0.493 e. The fourth-order valence-corrected chi connectivity index (χ4v) is 2.76. The highest BCUT2D eigenvalue weighted by molar-refractivity contribution is 6.00. The molecule has 0 spiro atoms. The fourth-order valence-electron chi connectivity index (χ4n) is 2.76. The molecule has 0 aliphatic carbocycles. The van der Waals surface area contributed by atoms with Crippen LogP contribution in [0.25, 0.3) is 0 Å². The summed E-state index contributed by atoms with van der Waals surface area (Å²) in [6.07, 6.45) is 0. The van der Waals surface area contributed by atoms with Crippen molar-refractivity contribution < 1.29 is 33.4 Å². The molecule has 0 heterocycles. The molecular weight excluding hydrogens is 384 g/mol. The number of hydrogen-bond acceptors (Lipinski definition) is 8. The van der Waals surface area contributed by atoms with E-state index in [2.05, 4.69) is 5.32 Å². The van der Waals surface area contributed by atoms with E-state index in [1.165, 1.54) is 41.6 Å². The van der Waals surface area contributed by atoms with Crippen LogP contribution in [-0.4, -0.2) is 46.4 Å². The number of nitrogens with one attached hydrogen (secondary N) is 1. The lowest BCUT2D eigenvalue weighted by atomic mass is 10.1. The summed E-state index contributed by atoms with van der Waals surface area (Å²) in [4.78, 5) is 23.7. The highest BCUT2D eigenvalue weighted by Gasteiger charge is 2.32. The normalized spacial score (nSPS) is 10.1. The maximum absolute atomic E-state index is 12.7. The molecule has 156 valence electrons. The molecule has 29 heavy (non-hydrogen) atoms. The first kappa shape index (κ1) is 21.6. The summed E-state index contributed by atoms with van der Waals surface area (Å²) in [5.41, 5.74) is -0.0222. The van der Waals surface area contributed by atoms with Gasteiger partial charge in [0.05, 0.1) is 40.5 Å². The maximum atomic E-state index is 12.7. The minimum atomic E-state index is -0.702. The average Bonchev–Trinajstić information content (AvgIpc) is 2.75. The van der Waals surface area contributed by atoms with Gasteiger partial charge in [-0.2, -0.15) is 0 Å². The summed E-state index contributed by atoms with van der Waals surface area (Å²) in [5.74, 6) is 0.323. The molecule has 0 atom stereocenters. The molecule has 0 radical (unpaired) electrons. The number of benzene rings is 2. The predicted molar refractivity (Wildman–Crippen MR) is 103 cm³/mol. The smallest absolute Gasteiger partial charge is 0.327 e. The number of amides is 1. The van der Waals surface area contributed by atoms with Gasteiger partial charge < -0.3 is 29.0 Å². The van der Waals surface area contributed by atoms with Crippen LogP contribution in [0.15, 0.2) is 24.3 Å². The van der Waals surface area contributed by atoms with Crippen molar-refractivity contribution in [1.29, 1.82) is 0 Å². The van der Waals surface area contributed by atoms with Crippen LogP contribution >= 0.6 is 0 Å². The number of carbonyl (C=O) groups is 1. The Morgan fingerprint density at radius 3 is 2.03 bits per heavy atom. The molecule has 0 aliphatic heterocycles. The van der Waals surface area contributed by atoms with E-state index in [-0.39, 0.29) is 29.4 Å². The van der Waals surface area contributed by atoms with E-state index in [4.69, 9.17) is 23.7 Å². The molecule has 0 aliphatic rings. The van der Waals surface area contributed by atoms with Crippen molar-refractivity contribution in [2.45, 2.75) is 6.54 Å². The lowest BCUT2D eigenvalue weighted by Gasteiger charge is -2.15. The fraction of sp³-hybridized carbons (Fsp3) is 0.316. The zero-order valence-corrected chi connectivity index (χ0v) is 16.7. The van der Waals surface area contributed by atoms with E-state index in [0.29, 0.717) is 17.1 Å². The summed E-state index contributed by atoms with van der Waals surface area (Å²) in [5, 5.41) is 14.3. The Labute approximate surface area is 167 Å². The zero-order chi connectivity index (χ0) is 21.6. The van der Waals surface area contributed by atoms with Gasteiger partial charge >= 0.3 is 5.69 Å². The second kappa shape index (κ2) is 9.49. The Balaban J connectivity index is 2.38. The Morgan fingerprint density at radius 1 is 0.897 bits per heavy atom. The van der Waals surface area contributed by atoms with Crippen molar-refractivity contribution in [2.75, 3.05) is 35.5 Å². The number of methoxy groups -OCH3 is 5. The average molecular weight is 406 g/mol. The van der Waals surface area contributed by atoms with Crippen molar-refractivity contribution in [1.82, 2.24) is 5.32 Å². The van der Waals surface area contributed by atoms with Crippen LogP contribution in [0, 0.1) is 10.1 Å². The highest BCUT2D eigenvalue weighted by atomic mass is 16.6. The Kier molecular flexibility index (Phi) is 7.07. The molecule has 1 amide bonds. The van der Waals surface area contributed by atoms with Crippen LogP contribution < -0.4 is 29.0 Å². The van der Waals surface area contributed by atoms with Crippen LogP contribution in [0.3, 0.4) is 0 Å². The van der Waals surface area contributed by atoms with Gasteiger partial charge in [0.2, 0.25) is 11.5 Å². The predicted octanol–water partition coefficient (Wildman–Crippen LogP) is 2.57. The van der Waals surface area contributed by atoms with E-state index in [1.54, 1.807) is 18.2 Å². The van der Waals surface area contributed by atoms with E-state index < -0.39 is 16.5 Å². The van der Waals surface area contributed by atoms with Gasteiger partial charge in [0.25, 0.3) is 5.91 Å².